The molecule has 0 bridgehead atoms. The lowest BCUT2D eigenvalue weighted by molar-refractivity contribution is -0.115. The average Bonchev–Trinajstić information content (AvgIpc) is 3.05. The molecule has 3 aromatic rings. The van der Waals surface area contributed by atoms with Crippen molar-refractivity contribution in [2.75, 3.05) is 5.32 Å². The van der Waals surface area contributed by atoms with Crippen molar-refractivity contribution < 1.29 is 9.18 Å². The van der Waals surface area contributed by atoms with Gasteiger partial charge >= 0.3 is 0 Å². The number of carbonyl (C=O) groups excluding carboxylic acids is 1. The van der Waals surface area contributed by atoms with Crippen molar-refractivity contribution >= 4 is 23.4 Å². The number of carbonyl (C=O) groups is 1. The van der Waals surface area contributed by atoms with Crippen LogP contribution in [0.3, 0.4) is 0 Å². The summed E-state index contributed by atoms with van der Waals surface area (Å²) in [7, 11) is 0. The Bertz CT molecular complexity index is 881. The van der Waals surface area contributed by atoms with Gasteiger partial charge in [0.25, 0.3) is 0 Å². The maximum absolute atomic E-state index is 12.9. The number of halogens is 1. The molecule has 1 aromatic heterocycles. The van der Waals surface area contributed by atoms with Gasteiger partial charge in [0.05, 0.1) is 10.9 Å². The maximum Gasteiger partial charge on any atom is 0.237 e. The summed E-state index contributed by atoms with van der Waals surface area (Å²) < 4.78 is 14.5. The average molecular weight is 357 g/mol. The second-order valence-electron chi connectivity index (χ2n) is 5.42. The highest BCUT2D eigenvalue weighted by Crippen LogP contribution is 2.25. The molecule has 0 aliphatic heterocycles. The number of aryl methyl sites for hydroxylation is 1. The Morgan fingerprint density at radius 3 is 2.64 bits per heavy atom. The zero-order valence-corrected chi connectivity index (χ0v) is 14.5. The van der Waals surface area contributed by atoms with Gasteiger partial charge < -0.3 is 5.32 Å². The minimum atomic E-state index is -0.432. The van der Waals surface area contributed by atoms with Gasteiger partial charge in [0.15, 0.2) is 0 Å². The molecule has 1 amide bonds. The first-order valence-electron chi connectivity index (χ1n) is 7.62. The van der Waals surface area contributed by atoms with Gasteiger partial charge in [-0.15, -0.1) is 5.10 Å². The van der Waals surface area contributed by atoms with Crippen LogP contribution in [0.2, 0.25) is 0 Å². The number of aromatic nitrogens is 4. The van der Waals surface area contributed by atoms with Crippen molar-refractivity contribution in [2.24, 2.45) is 0 Å². The van der Waals surface area contributed by atoms with Gasteiger partial charge in [-0.05, 0) is 60.2 Å². The molecule has 8 heteroatoms. The number of hydrogen-bond donors (Lipinski definition) is 1. The van der Waals surface area contributed by atoms with E-state index in [1.165, 1.54) is 36.0 Å². The summed E-state index contributed by atoms with van der Waals surface area (Å²) in [6.07, 6.45) is 0. The lowest BCUT2D eigenvalue weighted by Gasteiger charge is -2.12. The third kappa shape index (κ3) is 4.03. The molecule has 3 rings (SSSR count). The van der Waals surface area contributed by atoms with Crippen molar-refractivity contribution in [3.63, 3.8) is 0 Å². The number of nitrogens with one attached hydrogen (secondary N) is 1. The number of anilines is 1. The topological polar surface area (TPSA) is 72.7 Å². The highest BCUT2D eigenvalue weighted by atomic mass is 32.2. The Kier molecular flexibility index (Phi) is 5.08. The lowest BCUT2D eigenvalue weighted by atomic mass is 10.2. The molecule has 0 spiro atoms. The molecule has 0 radical (unpaired) electrons. The molecule has 0 fully saturated rings. The zero-order valence-electron chi connectivity index (χ0n) is 13.7. The van der Waals surface area contributed by atoms with Crippen LogP contribution in [0.5, 0.6) is 0 Å². The van der Waals surface area contributed by atoms with E-state index in [0.29, 0.717) is 10.8 Å². The fraction of sp³-hybridized carbons (Fsp3) is 0.176. The monoisotopic (exact) mass is 357 g/mol. The highest BCUT2D eigenvalue weighted by Gasteiger charge is 2.20. The highest BCUT2D eigenvalue weighted by molar-refractivity contribution is 8.00. The number of amides is 1. The van der Waals surface area contributed by atoms with Crippen LogP contribution in [0.1, 0.15) is 12.5 Å². The second kappa shape index (κ2) is 7.43. The molecule has 1 atom stereocenters. The summed E-state index contributed by atoms with van der Waals surface area (Å²) in [6, 6.07) is 13.4. The van der Waals surface area contributed by atoms with Crippen LogP contribution in [-0.4, -0.2) is 31.4 Å². The van der Waals surface area contributed by atoms with E-state index in [4.69, 9.17) is 0 Å². The van der Waals surface area contributed by atoms with Gasteiger partial charge in [-0.2, -0.15) is 4.68 Å². The summed E-state index contributed by atoms with van der Waals surface area (Å²) in [4.78, 5) is 12.3. The molecule has 0 saturated heterocycles. The SMILES string of the molecule is Cc1ccccc1-n1nnnc1S[C@@H](C)C(=O)Nc1ccc(F)cc1. The van der Waals surface area contributed by atoms with Gasteiger partial charge in [-0.1, -0.05) is 30.0 Å². The first-order chi connectivity index (χ1) is 12.0. The van der Waals surface area contributed by atoms with Crippen molar-refractivity contribution in [1.29, 1.82) is 0 Å². The molecule has 0 unspecified atom stereocenters. The van der Waals surface area contributed by atoms with Crippen LogP contribution in [0, 0.1) is 12.7 Å². The second-order valence-corrected chi connectivity index (χ2v) is 6.72. The maximum atomic E-state index is 12.9. The standard InChI is InChI=1S/C17H16FN5OS/c1-11-5-3-4-6-15(11)23-17(20-21-22-23)25-12(2)16(24)19-14-9-7-13(18)8-10-14/h3-10,12H,1-2H3,(H,19,24)/t12-/m0/s1. The van der Waals surface area contributed by atoms with Crippen molar-refractivity contribution in [2.45, 2.75) is 24.3 Å². The predicted molar refractivity (Wildman–Crippen MR) is 94.2 cm³/mol. The van der Waals surface area contributed by atoms with Gasteiger partial charge in [0.1, 0.15) is 5.82 Å². The quantitative estimate of drug-likeness (QED) is 0.710. The number of nitrogens with zero attached hydrogens (tertiary/aromatic N) is 4. The Morgan fingerprint density at radius 1 is 1.20 bits per heavy atom. The summed E-state index contributed by atoms with van der Waals surface area (Å²) in [6.45, 7) is 3.73. The van der Waals surface area contributed by atoms with Crippen LogP contribution in [0.4, 0.5) is 10.1 Å². The molecule has 128 valence electrons. The van der Waals surface area contributed by atoms with E-state index in [-0.39, 0.29) is 11.7 Å². The Labute approximate surface area is 148 Å². The zero-order chi connectivity index (χ0) is 17.8. The molecule has 0 saturated carbocycles. The third-order valence-electron chi connectivity index (χ3n) is 3.55. The molecule has 0 aliphatic carbocycles. The van der Waals surface area contributed by atoms with E-state index in [1.54, 1.807) is 11.6 Å². The van der Waals surface area contributed by atoms with Crippen LogP contribution in [-0.2, 0) is 4.79 Å². The van der Waals surface area contributed by atoms with Crippen LogP contribution in [0.15, 0.2) is 53.7 Å². The summed E-state index contributed by atoms with van der Waals surface area (Å²) in [5.41, 5.74) is 2.43. The molecule has 25 heavy (non-hydrogen) atoms. The molecule has 1 N–H and O–H groups in total. The summed E-state index contributed by atoms with van der Waals surface area (Å²) in [5.74, 6) is -0.561. The number of rotatable bonds is 5. The first-order valence-corrected chi connectivity index (χ1v) is 8.50. The molecule has 1 heterocycles. The fourth-order valence-corrected chi connectivity index (χ4v) is 2.99. The van der Waals surface area contributed by atoms with E-state index >= 15 is 0 Å². The van der Waals surface area contributed by atoms with Crippen LogP contribution < -0.4 is 5.32 Å². The first kappa shape index (κ1) is 17.1. The Morgan fingerprint density at radius 2 is 1.92 bits per heavy atom. The van der Waals surface area contributed by atoms with Gasteiger partial charge in [-0.3, -0.25) is 4.79 Å². The summed E-state index contributed by atoms with van der Waals surface area (Å²) in [5, 5.41) is 14.6. The van der Waals surface area contributed by atoms with E-state index in [9.17, 15) is 9.18 Å². The molecular formula is C17H16FN5OS. The fourth-order valence-electron chi connectivity index (χ4n) is 2.19. The van der Waals surface area contributed by atoms with Gasteiger partial charge in [0.2, 0.25) is 11.1 Å². The van der Waals surface area contributed by atoms with Crippen molar-refractivity contribution in [3.8, 4) is 5.69 Å². The van der Waals surface area contributed by atoms with Crippen LogP contribution >= 0.6 is 11.8 Å². The normalized spacial score (nSPS) is 12.0. The number of thioether (sulfide) groups is 1. The minimum Gasteiger partial charge on any atom is -0.325 e. The number of benzene rings is 2. The van der Waals surface area contributed by atoms with Crippen molar-refractivity contribution in [3.05, 3.63) is 59.9 Å². The molecule has 0 aliphatic rings. The van der Waals surface area contributed by atoms with Gasteiger partial charge in [-0.25, -0.2) is 4.39 Å². The summed E-state index contributed by atoms with van der Waals surface area (Å²) >= 11 is 1.25. The van der Waals surface area contributed by atoms with E-state index in [1.807, 2.05) is 31.2 Å². The molecule has 6 nitrogen and oxygen atoms in total. The van der Waals surface area contributed by atoms with Gasteiger partial charge in [0, 0.05) is 5.69 Å². The Balaban J connectivity index is 1.72. The van der Waals surface area contributed by atoms with E-state index < -0.39 is 5.25 Å². The van der Waals surface area contributed by atoms with Crippen molar-refractivity contribution in [1.82, 2.24) is 20.2 Å². The number of hydrogen-bond acceptors (Lipinski definition) is 5. The number of para-hydroxylation sites is 1. The number of tetrazole rings is 1. The van der Waals surface area contributed by atoms with E-state index in [2.05, 4.69) is 20.8 Å². The largest absolute Gasteiger partial charge is 0.325 e. The molecule has 2 aromatic carbocycles. The Hall–Kier alpha value is -2.74. The van der Waals surface area contributed by atoms with E-state index in [0.717, 1.165) is 11.3 Å². The third-order valence-corrected chi connectivity index (χ3v) is 4.58. The molecular weight excluding hydrogens is 341 g/mol. The minimum absolute atomic E-state index is 0.212. The smallest absolute Gasteiger partial charge is 0.237 e. The van der Waals surface area contributed by atoms with Crippen LogP contribution in [0.25, 0.3) is 5.69 Å². The lowest BCUT2D eigenvalue weighted by Crippen LogP contribution is -2.23. The predicted octanol–water partition coefficient (Wildman–Crippen LogP) is 3.23.